The Kier molecular flexibility index (Phi) is 6.40. The predicted molar refractivity (Wildman–Crippen MR) is 109 cm³/mol. The first kappa shape index (κ1) is 20.0. The fourth-order valence-corrected chi connectivity index (χ4v) is 4.05. The van der Waals surface area contributed by atoms with Crippen molar-refractivity contribution in [3.8, 4) is 17.2 Å². The Morgan fingerprint density at radius 3 is 2.43 bits per heavy atom. The molecule has 1 aliphatic rings. The van der Waals surface area contributed by atoms with Crippen molar-refractivity contribution in [3.05, 3.63) is 12.1 Å². The molecule has 2 amide bonds. The van der Waals surface area contributed by atoms with E-state index in [-0.39, 0.29) is 0 Å². The van der Waals surface area contributed by atoms with Gasteiger partial charge in [0.2, 0.25) is 16.0 Å². The minimum absolute atomic E-state index is 0.427. The van der Waals surface area contributed by atoms with E-state index < -0.39 is 6.03 Å². The zero-order valence-corrected chi connectivity index (χ0v) is 17.3. The van der Waals surface area contributed by atoms with Gasteiger partial charge >= 0.3 is 6.03 Å². The van der Waals surface area contributed by atoms with Gasteiger partial charge in [-0.2, -0.15) is 0 Å². The highest BCUT2D eigenvalue weighted by molar-refractivity contribution is 7.19. The summed E-state index contributed by atoms with van der Waals surface area (Å²) in [4.78, 5) is 14.6. The van der Waals surface area contributed by atoms with E-state index in [1.165, 1.54) is 39.1 Å². The normalized spacial score (nSPS) is 16.4. The minimum Gasteiger partial charge on any atom is -0.493 e. The topological polar surface area (TPSA) is 97.8 Å². The van der Waals surface area contributed by atoms with Crippen LogP contribution in [-0.4, -0.2) is 50.1 Å². The van der Waals surface area contributed by atoms with Crippen LogP contribution in [0.25, 0.3) is 0 Å². The maximum atomic E-state index is 12.4. The SMILES string of the molecule is COc1cc(NC(=O)Nc2nnc(N3CCCC[C@H]3C)s2)cc(OC)c1OC. The van der Waals surface area contributed by atoms with Gasteiger partial charge < -0.3 is 24.4 Å². The molecule has 3 rings (SSSR count). The molecule has 1 aliphatic heterocycles. The number of hydrogen-bond acceptors (Lipinski definition) is 8. The third-order valence-electron chi connectivity index (χ3n) is 4.61. The van der Waals surface area contributed by atoms with Gasteiger partial charge in [-0.3, -0.25) is 5.32 Å². The van der Waals surface area contributed by atoms with Gasteiger partial charge in [-0.05, 0) is 26.2 Å². The van der Waals surface area contributed by atoms with Crippen molar-refractivity contribution in [2.45, 2.75) is 32.2 Å². The van der Waals surface area contributed by atoms with E-state index in [0.29, 0.717) is 34.1 Å². The van der Waals surface area contributed by atoms with Crippen LogP contribution < -0.4 is 29.7 Å². The van der Waals surface area contributed by atoms with Gasteiger partial charge in [0.15, 0.2) is 11.5 Å². The molecule has 2 heterocycles. The lowest BCUT2D eigenvalue weighted by atomic mass is 10.1. The number of amides is 2. The van der Waals surface area contributed by atoms with E-state index >= 15 is 0 Å². The summed E-state index contributed by atoms with van der Waals surface area (Å²) in [5, 5.41) is 15.1. The summed E-state index contributed by atoms with van der Waals surface area (Å²) >= 11 is 1.37. The number of ether oxygens (including phenoxy) is 3. The van der Waals surface area contributed by atoms with E-state index in [1.54, 1.807) is 12.1 Å². The van der Waals surface area contributed by atoms with Crippen molar-refractivity contribution in [2.24, 2.45) is 0 Å². The number of hydrogen-bond donors (Lipinski definition) is 2. The first-order valence-corrected chi connectivity index (χ1v) is 9.85. The summed E-state index contributed by atoms with van der Waals surface area (Å²) in [6, 6.07) is 3.32. The Bertz CT molecular complexity index is 803. The lowest BCUT2D eigenvalue weighted by Crippen LogP contribution is -2.37. The smallest absolute Gasteiger partial charge is 0.325 e. The highest BCUT2D eigenvalue weighted by atomic mass is 32.1. The third kappa shape index (κ3) is 4.38. The summed E-state index contributed by atoms with van der Waals surface area (Å²) in [7, 11) is 4.56. The molecule has 0 unspecified atom stereocenters. The molecule has 1 saturated heterocycles. The van der Waals surface area contributed by atoms with Crippen LogP contribution in [0, 0.1) is 0 Å². The van der Waals surface area contributed by atoms with Gasteiger partial charge in [0, 0.05) is 24.7 Å². The average molecular weight is 407 g/mol. The van der Waals surface area contributed by atoms with Crippen molar-refractivity contribution < 1.29 is 19.0 Å². The van der Waals surface area contributed by atoms with Crippen LogP contribution in [0.5, 0.6) is 17.2 Å². The number of carbonyl (C=O) groups is 1. The molecule has 1 aromatic carbocycles. The molecule has 10 heteroatoms. The fraction of sp³-hybridized carbons (Fsp3) is 0.500. The van der Waals surface area contributed by atoms with Crippen molar-refractivity contribution in [2.75, 3.05) is 43.4 Å². The standard InChI is InChI=1S/C18H25N5O4S/c1-11-7-5-6-8-23(11)18-22-21-17(28-18)20-16(24)19-12-9-13(25-2)15(27-4)14(10-12)26-3/h9-11H,5-8H2,1-4H3,(H2,19,20,21,24)/t11-/m1/s1. The van der Waals surface area contributed by atoms with Gasteiger partial charge in [0.1, 0.15) is 0 Å². The number of nitrogens with zero attached hydrogens (tertiary/aromatic N) is 3. The highest BCUT2D eigenvalue weighted by Gasteiger charge is 2.22. The largest absolute Gasteiger partial charge is 0.493 e. The summed E-state index contributed by atoms with van der Waals surface area (Å²) in [5.41, 5.74) is 0.501. The Morgan fingerprint density at radius 1 is 1.11 bits per heavy atom. The quantitative estimate of drug-likeness (QED) is 0.755. The maximum absolute atomic E-state index is 12.4. The second-order valence-electron chi connectivity index (χ2n) is 6.42. The molecule has 1 fully saturated rings. The van der Waals surface area contributed by atoms with E-state index in [0.717, 1.165) is 24.5 Å². The number of nitrogens with one attached hydrogen (secondary N) is 2. The van der Waals surface area contributed by atoms with Crippen molar-refractivity contribution in [1.82, 2.24) is 10.2 Å². The second kappa shape index (κ2) is 8.96. The van der Waals surface area contributed by atoms with Crippen LogP contribution in [-0.2, 0) is 0 Å². The molecule has 0 saturated carbocycles. The predicted octanol–water partition coefficient (Wildman–Crippen LogP) is 3.59. The average Bonchev–Trinajstić information content (AvgIpc) is 3.15. The van der Waals surface area contributed by atoms with E-state index in [1.807, 2.05) is 0 Å². The number of rotatable bonds is 6. The number of carbonyl (C=O) groups excluding carboxylic acids is 1. The van der Waals surface area contributed by atoms with Gasteiger partial charge in [0.05, 0.1) is 27.0 Å². The lowest BCUT2D eigenvalue weighted by Gasteiger charge is -2.32. The van der Waals surface area contributed by atoms with Crippen LogP contribution in [0.1, 0.15) is 26.2 Å². The molecule has 28 heavy (non-hydrogen) atoms. The summed E-state index contributed by atoms with van der Waals surface area (Å²) < 4.78 is 15.9. The summed E-state index contributed by atoms with van der Waals surface area (Å²) in [6.07, 6.45) is 3.52. The first-order valence-electron chi connectivity index (χ1n) is 9.04. The molecule has 9 nitrogen and oxygen atoms in total. The molecule has 0 aliphatic carbocycles. The minimum atomic E-state index is -0.427. The van der Waals surface area contributed by atoms with Crippen LogP contribution in [0.3, 0.4) is 0 Å². The monoisotopic (exact) mass is 407 g/mol. The highest BCUT2D eigenvalue weighted by Crippen LogP contribution is 2.40. The van der Waals surface area contributed by atoms with Gasteiger partial charge in [-0.1, -0.05) is 11.3 Å². The van der Waals surface area contributed by atoms with Crippen molar-refractivity contribution in [3.63, 3.8) is 0 Å². The zero-order chi connectivity index (χ0) is 20.1. The molecule has 2 N–H and O–H groups in total. The van der Waals surface area contributed by atoms with Crippen LogP contribution in [0.2, 0.25) is 0 Å². The third-order valence-corrected chi connectivity index (χ3v) is 5.48. The first-order chi connectivity index (χ1) is 13.5. The van der Waals surface area contributed by atoms with Gasteiger partial charge in [0.25, 0.3) is 0 Å². The van der Waals surface area contributed by atoms with Crippen LogP contribution in [0.15, 0.2) is 12.1 Å². The summed E-state index contributed by atoms with van der Waals surface area (Å²) in [5.74, 6) is 1.37. The van der Waals surface area contributed by atoms with Crippen molar-refractivity contribution >= 4 is 33.3 Å². The Morgan fingerprint density at radius 2 is 1.82 bits per heavy atom. The van der Waals surface area contributed by atoms with E-state index in [2.05, 4.69) is 32.7 Å². The number of aromatic nitrogens is 2. The summed E-state index contributed by atoms with van der Waals surface area (Å²) in [6.45, 7) is 3.15. The number of methoxy groups -OCH3 is 3. The van der Waals surface area contributed by atoms with Crippen LogP contribution in [0.4, 0.5) is 20.7 Å². The molecule has 0 radical (unpaired) electrons. The Balaban J connectivity index is 1.68. The molecule has 152 valence electrons. The van der Waals surface area contributed by atoms with Crippen molar-refractivity contribution in [1.29, 1.82) is 0 Å². The van der Waals surface area contributed by atoms with E-state index in [9.17, 15) is 4.79 Å². The molecule has 1 aromatic heterocycles. The Labute approximate surface area is 168 Å². The number of anilines is 3. The number of benzene rings is 1. The molecular weight excluding hydrogens is 382 g/mol. The second-order valence-corrected chi connectivity index (χ2v) is 7.38. The van der Waals surface area contributed by atoms with E-state index in [4.69, 9.17) is 14.2 Å². The molecule has 2 aromatic rings. The number of piperidine rings is 1. The molecule has 0 bridgehead atoms. The maximum Gasteiger partial charge on any atom is 0.325 e. The molecule has 1 atom stereocenters. The number of urea groups is 1. The molecular formula is C18H25N5O4S. The fourth-order valence-electron chi connectivity index (χ4n) is 3.18. The molecule has 0 spiro atoms. The van der Waals surface area contributed by atoms with Gasteiger partial charge in [-0.25, -0.2) is 4.79 Å². The van der Waals surface area contributed by atoms with Crippen LogP contribution >= 0.6 is 11.3 Å². The lowest BCUT2D eigenvalue weighted by molar-refractivity contribution is 0.262. The zero-order valence-electron chi connectivity index (χ0n) is 16.4. The van der Waals surface area contributed by atoms with Gasteiger partial charge in [-0.15, -0.1) is 10.2 Å². The Hall–Kier alpha value is -2.75.